The Hall–Kier alpha value is -9.32. The topological polar surface area (TPSA) is 43.5 Å². The van der Waals surface area contributed by atoms with Crippen LogP contribution in [0.15, 0.2) is 218 Å². The van der Waals surface area contributed by atoms with Crippen LogP contribution in [-0.4, -0.2) is 18.3 Å². The lowest BCUT2D eigenvalue weighted by Gasteiger charge is -2.20. The second-order valence-electron chi connectivity index (χ2n) is 17.9. The fourth-order valence-corrected chi connectivity index (χ4v) is 11.3. The molecule has 8 heteroatoms. The van der Waals surface area contributed by atoms with Gasteiger partial charge in [-0.15, -0.1) is 0 Å². The fraction of sp³-hybridized carbons (Fsp3) is 0.0161. The van der Waals surface area contributed by atoms with Crippen molar-refractivity contribution in [3.8, 4) is 39.9 Å². The highest BCUT2D eigenvalue weighted by molar-refractivity contribution is 6.15. The molecule has 0 bridgehead atoms. The minimum absolute atomic E-state index is 0.344. The van der Waals surface area contributed by atoms with Gasteiger partial charge in [0.25, 0.3) is 0 Å². The Labute approximate surface area is 397 Å². The number of halogens is 3. The van der Waals surface area contributed by atoms with Gasteiger partial charge in [0.05, 0.1) is 72.7 Å². The molecule has 70 heavy (non-hydrogen) atoms. The van der Waals surface area contributed by atoms with Gasteiger partial charge >= 0.3 is 6.18 Å². The van der Waals surface area contributed by atoms with E-state index in [1.807, 2.05) is 83.4 Å². The average Bonchev–Trinajstić information content (AvgIpc) is 4.13. The molecule has 14 aromatic rings. The Bertz CT molecular complexity index is 4450. The van der Waals surface area contributed by atoms with Crippen molar-refractivity contribution in [3.05, 3.63) is 230 Å². The van der Waals surface area contributed by atoms with E-state index in [2.05, 4.69) is 135 Å². The summed E-state index contributed by atoms with van der Waals surface area (Å²) in [6.07, 6.45) is -4.63. The number of alkyl halides is 3. The van der Waals surface area contributed by atoms with Crippen molar-refractivity contribution >= 4 is 87.2 Å². The lowest BCUT2D eigenvalue weighted by molar-refractivity contribution is -0.137. The number of rotatable bonds is 5. The second kappa shape index (κ2) is 14.8. The summed E-state index contributed by atoms with van der Waals surface area (Å²) in [7, 11) is 0. The number of hydrogen-bond acceptors (Lipinski definition) is 1. The van der Waals surface area contributed by atoms with Gasteiger partial charge in [-0.25, -0.2) is 0 Å². The fourth-order valence-electron chi connectivity index (χ4n) is 11.3. The van der Waals surface area contributed by atoms with Gasteiger partial charge in [-0.05, 0) is 103 Å². The molecule has 0 saturated heterocycles. The highest BCUT2D eigenvalue weighted by Gasteiger charge is 2.32. The molecule has 0 atom stereocenters. The Morgan fingerprint density at radius 3 is 1.10 bits per heavy atom. The average molecular weight is 908 g/mol. The summed E-state index contributed by atoms with van der Waals surface area (Å²) in [5.74, 6) is 0. The molecule has 4 aromatic heterocycles. The van der Waals surface area contributed by atoms with Gasteiger partial charge in [0, 0.05) is 65.6 Å². The third kappa shape index (κ3) is 5.72. The first kappa shape index (κ1) is 39.8. The summed E-state index contributed by atoms with van der Waals surface area (Å²) < 4.78 is 53.9. The number of para-hydroxylation sites is 6. The summed E-state index contributed by atoms with van der Waals surface area (Å²) in [4.78, 5) is 0. The van der Waals surface area contributed by atoms with Crippen molar-refractivity contribution in [1.29, 1.82) is 5.26 Å². The normalized spacial score (nSPS) is 12.2. The molecule has 0 radical (unpaired) electrons. The minimum atomic E-state index is -4.63. The summed E-state index contributed by atoms with van der Waals surface area (Å²) in [5, 5.41) is 18.9. The van der Waals surface area contributed by atoms with E-state index in [1.165, 1.54) is 16.8 Å². The quantitative estimate of drug-likeness (QED) is 0.170. The van der Waals surface area contributed by atoms with Crippen molar-refractivity contribution in [1.82, 2.24) is 18.3 Å². The Kier molecular flexibility index (Phi) is 8.44. The van der Waals surface area contributed by atoms with Gasteiger partial charge in [-0.2, -0.15) is 18.4 Å². The van der Waals surface area contributed by atoms with Crippen LogP contribution in [0.5, 0.6) is 0 Å². The summed E-state index contributed by atoms with van der Waals surface area (Å²) in [6, 6.07) is 74.2. The Morgan fingerprint density at radius 2 is 0.686 bits per heavy atom. The van der Waals surface area contributed by atoms with Crippen LogP contribution in [-0.2, 0) is 6.18 Å². The van der Waals surface area contributed by atoms with Gasteiger partial charge < -0.3 is 18.3 Å². The van der Waals surface area contributed by atoms with E-state index >= 15 is 13.2 Å². The van der Waals surface area contributed by atoms with Crippen LogP contribution >= 0.6 is 0 Å². The minimum Gasteiger partial charge on any atom is -0.309 e. The Balaban J connectivity index is 1.02. The molecule has 0 aliphatic rings. The molecular weight excluding hydrogens is 872 g/mol. The zero-order chi connectivity index (χ0) is 46.8. The predicted molar refractivity (Wildman–Crippen MR) is 279 cm³/mol. The number of benzene rings is 10. The van der Waals surface area contributed by atoms with Crippen molar-refractivity contribution in [2.24, 2.45) is 0 Å². The zero-order valence-corrected chi connectivity index (χ0v) is 37.2. The maximum Gasteiger partial charge on any atom is 0.416 e. The summed E-state index contributed by atoms with van der Waals surface area (Å²) in [5.41, 5.74) is 11.5. The van der Waals surface area contributed by atoms with Gasteiger partial charge in [0.15, 0.2) is 0 Å². The molecule has 0 amide bonds. The molecule has 4 heterocycles. The molecule has 0 aliphatic carbocycles. The number of fused-ring (bicyclic) bond motifs is 12. The van der Waals surface area contributed by atoms with E-state index in [0.29, 0.717) is 22.4 Å². The molecule has 0 fully saturated rings. The standard InChI is InChI=1S/C62H36F3N5/c63-62(64,65)39-26-29-48(61(34-39)70-57-24-12-6-18-47(57)51-36-41(28-32-60(51)70)68-54-21-9-3-15-44(54)45-16-4-10-22-55(45)68)49-33-38(37-66)25-30-58(49)69-56-23-11-5-17-46(56)50-35-40(27-31-59(50)69)67-52-19-7-1-13-42(52)43-14-2-8-20-53(43)67/h1-36H. The lowest BCUT2D eigenvalue weighted by atomic mass is 9.97. The summed E-state index contributed by atoms with van der Waals surface area (Å²) >= 11 is 0. The molecule has 0 N–H and O–H groups in total. The zero-order valence-electron chi connectivity index (χ0n) is 37.2. The van der Waals surface area contributed by atoms with Crippen molar-refractivity contribution in [2.45, 2.75) is 6.18 Å². The largest absolute Gasteiger partial charge is 0.416 e. The van der Waals surface area contributed by atoms with E-state index in [4.69, 9.17) is 0 Å². The summed E-state index contributed by atoms with van der Waals surface area (Å²) in [6.45, 7) is 0. The van der Waals surface area contributed by atoms with Crippen LogP contribution < -0.4 is 0 Å². The van der Waals surface area contributed by atoms with E-state index in [-0.39, 0.29) is 0 Å². The smallest absolute Gasteiger partial charge is 0.309 e. The number of nitriles is 1. The van der Waals surface area contributed by atoms with Crippen LogP contribution in [0.2, 0.25) is 0 Å². The number of nitrogens with zero attached hydrogens (tertiary/aromatic N) is 5. The maximum atomic E-state index is 15.1. The lowest BCUT2D eigenvalue weighted by Crippen LogP contribution is -2.08. The highest BCUT2D eigenvalue weighted by Crippen LogP contribution is 2.45. The van der Waals surface area contributed by atoms with Crippen LogP contribution in [0, 0.1) is 11.3 Å². The van der Waals surface area contributed by atoms with Crippen LogP contribution in [0.1, 0.15) is 11.1 Å². The van der Waals surface area contributed by atoms with Gasteiger partial charge in [0.1, 0.15) is 0 Å². The second-order valence-corrected chi connectivity index (χ2v) is 17.9. The predicted octanol–water partition coefficient (Wildman–Crippen LogP) is 16.6. The van der Waals surface area contributed by atoms with Crippen molar-refractivity contribution in [3.63, 3.8) is 0 Å². The monoisotopic (exact) mass is 907 g/mol. The van der Waals surface area contributed by atoms with Crippen LogP contribution in [0.25, 0.3) is 121 Å². The highest BCUT2D eigenvalue weighted by atomic mass is 19.4. The first-order chi connectivity index (χ1) is 34.3. The number of hydrogen-bond donors (Lipinski definition) is 0. The van der Waals surface area contributed by atoms with E-state index in [9.17, 15) is 5.26 Å². The first-order valence-corrected chi connectivity index (χ1v) is 23.1. The third-order valence-electron chi connectivity index (χ3n) is 14.2. The molecule has 0 unspecified atom stereocenters. The maximum absolute atomic E-state index is 15.1. The molecular formula is C62H36F3N5. The molecule has 0 aliphatic heterocycles. The molecule has 330 valence electrons. The van der Waals surface area contributed by atoms with Gasteiger partial charge in [-0.3, -0.25) is 0 Å². The molecule has 10 aromatic carbocycles. The van der Waals surface area contributed by atoms with Gasteiger partial charge in [0.2, 0.25) is 0 Å². The third-order valence-corrected chi connectivity index (χ3v) is 14.2. The van der Waals surface area contributed by atoms with Crippen molar-refractivity contribution in [2.75, 3.05) is 0 Å². The SMILES string of the molecule is N#Cc1ccc(-n2c3ccccc3c3cc(-n4c5ccccc5c5ccccc54)ccc32)c(-c2ccc(C(F)(F)F)cc2-n2c3ccccc3c3cc(-n4c5ccccc5c5ccccc54)ccc32)c1. The van der Waals surface area contributed by atoms with Crippen LogP contribution in [0.3, 0.4) is 0 Å². The van der Waals surface area contributed by atoms with Crippen molar-refractivity contribution < 1.29 is 13.2 Å². The molecule has 14 rings (SSSR count). The number of aromatic nitrogens is 4. The molecule has 5 nitrogen and oxygen atoms in total. The molecule has 0 saturated carbocycles. The van der Waals surface area contributed by atoms with E-state index < -0.39 is 11.7 Å². The molecule has 0 spiro atoms. The van der Waals surface area contributed by atoms with E-state index in [0.717, 1.165) is 99.6 Å². The Morgan fingerprint density at radius 1 is 0.314 bits per heavy atom. The first-order valence-electron chi connectivity index (χ1n) is 23.1. The van der Waals surface area contributed by atoms with E-state index in [1.54, 1.807) is 12.1 Å². The van der Waals surface area contributed by atoms with Gasteiger partial charge in [-0.1, -0.05) is 115 Å². The van der Waals surface area contributed by atoms with Crippen LogP contribution in [0.4, 0.5) is 13.2 Å².